The largest absolute Gasteiger partial charge is 0.481 e. The zero-order valence-corrected chi connectivity index (χ0v) is 13.7. The molecule has 0 radical (unpaired) electrons. The van der Waals surface area contributed by atoms with Gasteiger partial charge >= 0.3 is 5.97 Å². The van der Waals surface area contributed by atoms with Crippen LogP contribution in [0.4, 0.5) is 0 Å². The molecule has 0 aliphatic carbocycles. The normalized spacial score (nSPS) is 18.8. The molecule has 24 heavy (non-hydrogen) atoms. The topological polar surface area (TPSA) is 99.4 Å². The van der Waals surface area contributed by atoms with Crippen molar-refractivity contribution in [3.05, 3.63) is 35.9 Å². The molecule has 6 nitrogen and oxygen atoms in total. The SMILES string of the molecule is CCC(CNC(=O)C1(C#N)CCOCC1)(C(=O)O)c1ccccc1. The number of carboxylic acids is 1. The van der Waals surface area contributed by atoms with Gasteiger partial charge in [0.05, 0.1) is 6.07 Å². The van der Waals surface area contributed by atoms with E-state index in [1.165, 1.54) is 0 Å². The summed E-state index contributed by atoms with van der Waals surface area (Å²) in [6, 6.07) is 11.0. The van der Waals surface area contributed by atoms with Crippen molar-refractivity contribution in [2.75, 3.05) is 19.8 Å². The number of nitriles is 1. The van der Waals surface area contributed by atoms with E-state index < -0.39 is 22.7 Å². The molecular formula is C18H22N2O4. The van der Waals surface area contributed by atoms with Crippen LogP contribution in [0.5, 0.6) is 0 Å². The Balaban J connectivity index is 2.21. The van der Waals surface area contributed by atoms with E-state index in [9.17, 15) is 20.0 Å². The van der Waals surface area contributed by atoms with Crippen LogP contribution < -0.4 is 5.32 Å². The summed E-state index contributed by atoms with van der Waals surface area (Å²) in [6.45, 7) is 2.45. The highest BCUT2D eigenvalue weighted by Gasteiger charge is 2.44. The molecule has 1 amide bonds. The summed E-state index contributed by atoms with van der Waals surface area (Å²) >= 11 is 0. The molecule has 1 aliphatic heterocycles. The van der Waals surface area contributed by atoms with E-state index in [-0.39, 0.29) is 6.54 Å². The number of aliphatic carboxylic acids is 1. The molecule has 2 rings (SSSR count). The minimum atomic E-state index is -1.21. The number of carbonyl (C=O) groups is 2. The Morgan fingerprint density at radius 2 is 1.96 bits per heavy atom. The van der Waals surface area contributed by atoms with Crippen LogP contribution in [0.15, 0.2) is 30.3 Å². The third-order valence-electron chi connectivity index (χ3n) is 4.89. The predicted molar refractivity (Wildman–Crippen MR) is 87.2 cm³/mol. The molecule has 0 bridgehead atoms. The number of carboxylic acid groups (broad SMARTS) is 1. The van der Waals surface area contributed by atoms with Crippen LogP contribution >= 0.6 is 0 Å². The third-order valence-corrected chi connectivity index (χ3v) is 4.89. The molecule has 1 aliphatic rings. The molecule has 1 atom stereocenters. The smallest absolute Gasteiger partial charge is 0.315 e. The van der Waals surface area contributed by atoms with Crippen LogP contribution in [0.2, 0.25) is 0 Å². The minimum absolute atomic E-state index is 0.0496. The second-order valence-electron chi connectivity index (χ2n) is 6.10. The van der Waals surface area contributed by atoms with Crippen molar-refractivity contribution in [3.63, 3.8) is 0 Å². The first kappa shape index (κ1) is 18.0. The molecule has 1 unspecified atom stereocenters. The molecule has 0 spiro atoms. The lowest BCUT2D eigenvalue weighted by Crippen LogP contribution is -2.51. The van der Waals surface area contributed by atoms with Crippen molar-refractivity contribution < 1.29 is 19.4 Å². The number of nitrogens with one attached hydrogen (secondary N) is 1. The van der Waals surface area contributed by atoms with Gasteiger partial charge in [-0.15, -0.1) is 0 Å². The Bertz CT molecular complexity index is 632. The van der Waals surface area contributed by atoms with Gasteiger partial charge in [-0.05, 0) is 24.8 Å². The van der Waals surface area contributed by atoms with Gasteiger partial charge in [0, 0.05) is 19.8 Å². The molecule has 1 saturated heterocycles. The molecule has 1 aromatic rings. The lowest BCUT2D eigenvalue weighted by Gasteiger charge is -2.33. The number of benzene rings is 1. The molecule has 1 fully saturated rings. The zero-order valence-electron chi connectivity index (χ0n) is 13.7. The van der Waals surface area contributed by atoms with Gasteiger partial charge in [-0.2, -0.15) is 5.26 Å². The summed E-state index contributed by atoms with van der Waals surface area (Å²) in [5.74, 6) is -1.40. The lowest BCUT2D eigenvalue weighted by molar-refractivity contribution is -0.144. The van der Waals surface area contributed by atoms with Gasteiger partial charge in [0.15, 0.2) is 0 Å². The van der Waals surface area contributed by atoms with Gasteiger partial charge in [-0.25, -0.2) is 0 Å². The standard InChI is InChI=1S/C18H22N2O4/c1-2-18(16(22)23,14-6-4-3-5-7-14)13-20-15(21)17(12-19)8-10-24-11-9-17/h3-7H,2,8-11,13H2,1H3,(H,20,21)(H,22,23). The van der Waals surface area contributed by atoms with Crippen LogP contribution in [0, 0.1) is 16.7 Å². The Hall–Kier alpha value is -2.39. The van der Waals surface area contributed by atoms with Crippen LogP contribution in [-0.2, 0) is 19.7 Å². The van der Waals surface area contributed by atoms with E-state index in [0.29, 0.717) is 38.0 Å². The van der Waals surface area contributed by atoms with Gasteiger partial charge in [-0.3, -0.25) is 9.59 Å². The molecule has 0 saturated carbocycles. The second kappa shape index (κ2) is 7.45. The molecular weight excluding hydrogens is 308 g/mol. The van der Waals surface area contributed by atoms with E-state index >= 15 is 0 Å². The summed E-state index contributed by atoms with van der Waals surface area (Å²) in [7, 11) is 0. The summed E-state index contributed by atoms with van der Waals surface area (Å²) in [5, 5.41) is 21.9. The van der Waals surface area contributed by atoms with Crippen LogP contribution in [0.25, 0.3) is 0 Å². The highest BCUT2D eigenvalue weighted by Crippen LogP contribution is 2.32. The number of hydrogen-bond donors (Lipinski definition) is 2. The van der Waals surface area contributed by atoms with Crippen LogP contribution in [0.1, 0.15) is 31.7 Å². The zero-order chi connectivity index (χ0) is 17.6. The Labute approximate surface area is 141 Å². The molecule has 2 N–H and O–H groups in total. The fourth-order valence-corrected chi connectivity index (χ4v) is 3.05. The first-order valence-corrected chi connectivity index (χ1v) is 8.07. The minimum Gasteiger partial charge on any atom is -0.481 e. The number of hydrogen-bond acceptors (Lipinski definition) is 4. The number of carbonyl (C=O) groups excluding carboxylic acids is 1. The summed E-state index contributed by atoms with van der Waals surface area (Å²) in [4.78, 5) is 24.5. The number of nitrogens with zero attached hydrogens (tertiary/aromatic N) is 1. The Kier molecular flexibility index (Phi) is 5.58. The van der Waals surface area contributed by atoms with Crippen LogP contribution in [0.3, 0.4) is 0 Å². The first-order valence-electron chi connectivity index (χ1n) is 8.07. The highest BCUT2D eigenvalue weighted by molar-refractivity contribution is 5.87. The molecule has 0 aromatic heterocycles. The maximum Gasteiger partial charge on any atom is 0.315 e. The van der Waals surface area contributed by atoms with E-state index in [1.54, 1.807) is 31.2 Å². The van der Waals surface area contributed by atoms with Crippen LogP contribution in [-0.4, -0.2) is 36.7 Å². The number of ether oxygens (including phenoxy) is 1. The molecule has 1 heterocycles. The quantitative estimate of drug-likeness (QED) is 0.829. The average molecular weight is 330 g/mol. The van der Waals surface area contributed by atoms with Crippen molar-refractivity contribution in [2.45, 2.75) is 31.6 Å². The number of rotatable bonds is 6. The molecule has 128 valence electrons. The summed E-state index contributed by atoms with van der Waals surface area (Å²) in [5.41, 5.74) is -1.70. The van der Waals surface area contributed by atoms with E-state index in [0.717, 1.165) is 0 Å². The summed E-state index contributed by atoms with van der Waals surface area (Å²) in [6.07, 6.45) is 0.981. The van der Waals surface area contributed by atoms with E-state index in [4.69, 9.17) is 4.74 Å². The molecule has 1 aromatic carbocycles. The molecule has 6 heteroatoms. The highest BCUT2D eigenvalue weighted by atomic mass is 16.5. The van der Waals surface area contributed by atoms with Crippen molar-refractivity contribution in [3.8, 4) is 6.07 Å². The van der Waals surface area contributed by atoms with Gasteiger partial charge in [-0.1, -0.05) is 37.3 Å². The monoisotopic (exact) mass is 330 g/mol. The fraction of sp³-hybridized carbons (Fsp3) is 0.500. The second-order valence-corrected chi connectivity index (χ2v) is 6.10. The van der Waals surface area contributed by atoms with Crippen molar-refractivity contribution in [1.82, 2.24) is 5.32 Å². The van der Waals surface area contributed by atoms with E-state index in [1.807, 2.05) is 6.07 Å². The van der Waals surface area contributed by atoms with E-state index in [2.05, 4.69) is 11.4 Å². The lowest BCUT2D eigenvalue weighted by atomic mass is 9.76. The van der Waals surface area contributed by atoms with Gasteiger partial charge in [0.2, 0.25) is 5.91 Å². The maximum absolute atomic E-state index is 12.6. The number of amides is 1. The summed E-state index contributed by atoms with van der Waals surface area (Å²) < 4.78 is 5.23. The maximum atomic E-state index is 12.6. The Morgan fingerprint density at radius 3 is 2.46 bits per heavy atom. The average Bonchev–Trinajstić information content (AvgIpc) is 2.63. The fourth-order valence-electron chi connectivity index (χ4n) is 3.05. The van der Waals surface area contributed by atoms with Gasteiger partial charge in [0.1, 0.15) is 10.8 Å². The van der Waals surface area contributed by atoms with Gasteiger partial charge in [0.25, 0.3) is 0 Å². The predicted octanol–water partition coefficient (Wildman–Crippen LogP) is 1.86. The van der Waals surface area contributed by atoms with Crippen molar-refractivity contribution in [1.29, 1.82) is 5.26 Å². The van der Waals surface area contributed by atoms with Crippen molar-refractivity contribution >= 4 is 11.9 Å². The van der Waals surface area contributed by atoms with Crippen molar-refractivity contribution in [2.24, 2.45) is 5.41 Å². The third kappa shape index (κ3) is 3.26. The first-order chi connectivity index (χ1) is 11.5. The Morgan fingerprint density at radius 1 is 1.33 bits per heavy atom. The van der Waals surface area contributed by atoms with Gasteiger partial charge < -0.3 is 15.2 Å².